The number of anilines is 3. The molecule has 0 saturated heterocycles. The fourth-order valence-electron chi connectivity index (χ4n) is 2.81. The molecular weight excluding hydrogens is 368 g/mol. The van der Waals surface area contributed by atoms with Crippen molar-refractivity contribution in [1.29, 1.82) is 0 Å². The second-order valence-electron chi connectivity index (χ2n) is 6.63. The molecule has 0 atom stereocenters. The van der Waals surface area contributed by atoms with Gasteiger partial charge in [-0.05, 0) is 56.2 Å². The minimum Gasteiger partial charge on any atom is -0.497 e. The number of nitrogens with zero attached hydrogens (tertiary/aromatic N) is 2. The molecule has 2 N–H and O–H groups in total. The molecule has 0 radical (unpaired) electrons. The van der Waals surface area contributed by atoms with E-state index in [4.69, 9.17) is 9.47 Å². The minimum atomic E-state index is -0.306. The molecule has 150 valence electrons. The lowest BCUT2D eigenvalue weighted by atomic mass is 10.1. The van der Waals surface area contributed by atoms with Gasteiger partial charge in [0.25, 0.3) is 5.91 Å². The van der Waals surface area contributed by atoms with Crippen LogP contribution in [0.15, 0.2) is 42.5 Å². The summed E-state index contributed by atoms with van der Waals surface area (Å²) in [6.45, 7) is 5.77. The van der Waals surface area contributed by atoms with Crippen LogP contribution in [0.1, 0.15) is 27.4 Å². The summed E-state index contributed by atoms with van der Waals surface area (Å²) in [5.41, 5.74) is 3.93. The van der Waals surface area contributed by atoms with E-state index >= 15 is 0 Å². The quantitative estimate of drug-likeness (QED) is 0.646. The second kappa shape index (κ2) is 8.60. The Morgan fingerprint density at radius 3 is 2.38 bits per heavy atom. The van der Waals surface area contributed by atoms with Crippen molar-refractivity contribution in [2.75, 3.05) is 24.9 Å². The third-order valence-corrected chi connectivity index (χ3v) is 4.50. The first-order valence-corrected chi connectivity index (χ1v) is 9.13. The zero-order valence-electron chi connectivity index (χ0n) is 17.2. The van der Waals surface area contributed by atoms with Gasteiger partial charge in [0.1, 0.15) is 28.8 Å². The van der Waals surface area contributed by atoms with Crippen LogP contribution >= 0.6 is 0 Å². The van der Waals surface area contributed by atoms with E-state index in [9.17, 15) is 4.79 Å². The summed E-state index contributed by atoms with van der Waals surface area (Å²) in [6, 6.07) is 12.8. The molecule has 0 spiro atoms. The summed E-state index contributed by atoms with van der Waals surface area (Å²) in [7, 11) is 3.18. The number of methoxy groups -OCH3 is 2. The van der Waals surface area contributed by atoms with Crippen LogP contribution in [0.4, 0.5) is 17.2 Å². The highest BCUT2D eigenvalue weighted by atomic mass is 16.5. The maximum Gasteiger partial charge on any atom is 0.274 e. The number of benzene rings is 2. The number of nitrogens with one attached hydrogen (secondary N) is 2. The van der Waals surface area contributed by atoms with Crippen molar-refractivity contribution in [2.24, 2.45) is 0 Å². The van der Waals surface area contributed by atoms with E-state index in [-0.39, 0.29) is 11.6 Å². The lowest BCUT2D eigenvalue weighted by Crippen LogP contribution is -2.15. The van der Waals surface area contributed by atoms with E-state index in [0.717, 1.165) is 11.3 Å². The Bertz CT molecular complexity index is 1050. The Morgan fingerprint density at radius 1 is 0.897 bits per heavy atom. The fraction of sp³-hybridized carbons (Fsp3) is 0.227. The van der Waals surface area contributed by atoms with Crippen LogP contribution < -0.4 is 20.1 Å². The Balaban J connectivity index is 1.86. The predicted octanol–water partition coefficient (Wildman–Crippen LogP) is 4.41. The van der Waals surface area contributed by atoms with Crippen LogP contribution in [0.25, 0.3) is 0 Å². The molecule has 3 aromatic rings. The smallest absolute Gasteiger partial charge is 0.274 e. The summed E-state index contributed by atoms with van der Waals surface area (Å²) in [5, 5.41) is 6.06. The predicted molar refractivity (Wildman–Crippen MR) is 113 cm³/mol. The monoisotopic (exact) mass is 392 g/mol. The van der Waals surface area contributed by atoms with Crippen molar-refractivity contribution in [3.05, 3.63) is 65.1 Å². The van der Waals surface area contributed by atoms with E-state index in [0.29, 0.717) is 28.8 Å². The number of rotatable bonds is 6. The van der Waals surface area contributed by atoms with E-state index < -0.39 is 0 Å². The van der Waals surface area contributed by atoms with Gasteiger partial charge in [-0.15, -0.1) is 0 Å². The van der Waals surface area contributed by atoms with Crippen molar-refractivity contribution in [3.8, 4) is 11.5 Å². The maximum absolute atomic E-state index is 12.7. The third kappa shape index (κ3) is 4.82. The number of carbonyl (C=O) groups excluding carboxylic acids is 1. The summed E-state index contributed by atoms with van der Waals surface area (Å²) < 4.78 is 10.7. The largest absolute Gasteiger partial charge is 0.497 e. The highest BCUT2D eigenvalue weighted by Gasteiger charge is 2.13. The molecule has 3 rings (SSSR count). The molecule has 0 aliphatic carbocycles. The molecule has 7 nitrogen and oxygen atoms in total. The van der Waals surface area contributed by atoms with Gasteiger partial charge in [0, 0.05) is 17.8 Å². The van der Waals surface area contributed by atoms with Gasteiger partial charge >= 0.3 is 0 Å². The van der Waals surface area contributed by atoms with Gasteiger partial charge in [-0.3, -0.25) is 4.79 Å². The maximum atomic E-state index is 12.7. The van der Waals surface area contributed by atoms with Crippen LogP contribution in [-0.2, 0) is 0 Å². The van der Waals surface area contributed by atoms with Crippen molar-refractivity contribution in [1.82, 2.24) is 9.97 Å². The molecule has 0 unspecified atom stereocenters. The van der Waals surface area contributed by atoms with Crippen molar-refractivity contribution in [2.45, 2.75) is 20.8 Å². The van der Waals surface area contributed by atoms with Gasteiger partial charge in [-0.25, -0.2) is 9.97 Å². The molecule has 0 bridgehead atoms. The number of hydrogen-bond donors (Lipinski definition) is 2. The number of aryl methyl sites for hydroxylation is 3. The average Bonchev–Trinajstić information content (AvgIpc) is 2.70. The first-order valence-electron chi connectivity index (χ1n) is 9.13. The highest BCUT2D eigenvalue weighted by molar-refractivity contribution is 6.03. The molecule has 1 aromatic heterocycles. The molecule has 0 saturated carbocycles. The van der Waals surface area contributed by atoms with E-state index in [1.807, 2.05) is 32.0 Å². The fourth-order valence-corrected chi connectivity index (χ4v) is 2.81. The summed E-state index contributed by atoms with van der Waals surface area (Å²) in [4.78, 5) is 21.4. The number of carbonyl (C=O) groups is 1. The standard InChI is InChI=1S/C22H24N4O3/c1-13-6-7-16(10-14(13)2)25-22(27)19-12-21(24-15(3)23-19)26-18-11-17(28-4)8-9-20(18)29-5/h6-12H,1-5H3,(H,25,27)(H,23,24,26). The van der Waals surface area contributed by atoms with Gasteiger partial charge in [0.05, 0.1) is 19.9 Å². The van der Waals surface area contributed by atoms with Gasteiger partial charge in [0.15, 0.2) is 0 Å². The lowest BCUT2D eigenvalue weighted by Gasteiger charge is -2.13. The van der Waals surface area contributed by atoms with Gasteiger partial charge < -0.3 is 20.1 Å². The van der Waals surface area contributed by atoms with Crippen LogP contribution in [0.2, 0.25) is 0 Å². The molecular formula is C22H24N4O3. The summed E-state index contributed by atoms with van der Waals surface area (Å²) >= 11 is 0. The third-order valence-electron chi connectivity index (χ3n) is 4.50. The second-order valence-corrected chi connectivity index (χ2v) is 6.63. The summed E-state index contributed by atoms with van der Waals surface area (Å²) in [6.07, 6.45) is 0. The van der Waals surface area contributed by atoms with E-state index in [2.05, 4.69) is 20.6 Å². The molecule has 1 heterocycles. The van der Waals surface area contributed by atoms with Crippen LogP contribution in [-0.4, -0.2) is 30.1 Å². The first kappa shape index (κ1) is 20.1. The minimum absolute atomic E-state index is 0.264. The molecule has 29 heavy (non-hydrogen) atoms. The van der Waals surface area contributed by atoms with E-state index in [1.54, 1.807) is 45.4 Å². The lowest BCUT2D eigenvalue weighted by molar-refractivity contribution is 0.102. The average molecular weight is 392 g/mol. The molecule has 1 amide bonds. The molecule has 2 aromatic carbocycles. The molecule has 0 fully saturated rings. The Kier molecular flexibility index (Phi) is 5.97. The number of hydrogen-bond acceptors (Lipinski definition) is 6. The van der Waals surface area contributed by atoms with Crippen molar-refractivity contribution in [3.63, 3.8) is 0 Å². The van der Waals surface area contributed by atoms with E-state index in [1.165, 1.54) is 5.56 Å². The summed E-state index contributed by atoms with van der Waals surface area (Å²) in [5.74, 6) is 1.95. The van der Waals surface area contributed by atoms with Crippen LogP contribution in [0, 0.1) is 20.8 Å². The Morgan fingerprint density at radius 2 is 1.69 bits per heavy atom. The van der Waals surface area contributed by atoms with Gasteiger partial charge in [-0.1, -0.05) is 6.07 Å². The van der Waals surface area contributed by atoms with Crippen molar-refractivity contribution >= 4 is 23.1 Å². The van der Waals surface area contributed by atoms with Crippen LogP contribution in [0.3, 0.4) is 0 Å². The van der Waals surface area contributed by atoms with Gasteiger partial charge in [0.2, 0.25) is 0 Å². The number of aromatic nitrogens is 2. The Hall–Kier alpha value is -3.61. The molecule has 0 aliphatic heterocycles. The zero-order chi connectivity index (χ0) is 21.0. The van der Waals surface area contributed by atoms with Crippen molar-refractivity contribution < 1.29 is 14.3 Å². The number of ether oxygens (including phenoxy) is 2. The van der Waals surface area contributed by atoms with Gasteiger partial charge in [-0.2, -0.15) is 0 Å². The Labute approximate surface area is 170 Å². The number of amides is 1. The zero-order valence-corrected chi connectivity index (χ0v) is 17.2. The topological polar surface area (TPSA) is 85.4 Å². The SMILES string of the molecule is COc1ccc(OC)c(Nc2cc(C(=O)Nc3ccc(C)c(C)c3)nc(C)n2)c1. The molecule has 7 heteroatoms. The normalized spacial score (nSPS) is 10.4. The van der Waals surface area contributed by atoms with Crippen LogP contribution in [0.5, 0.6) is 11.5 Å². The molecule has 0 aliphatic rings. The first-order chi connectivity index (χ1) is 13.9. The highest BCUT2D eigenvalue weighted by Crippen LogP contribution is 2.31.